The van der Waals surface area contributed by atoms with Crippen molar-refractivity contribution >= 4 is 0 Å². The van der Waals surface area contributed by atoms with Crippen LogP contribution in [0.15, 0.2) is 0 Å². The van der Waals surface area contributed by atoms with E-state index in [9.17, 15) is 0 Å². The van der Waals surface area contributed by atoms with Crippen LogP contribution in [0.3, 0.4) is 0 Å². The van der Waals surface area contributed by atoms with E-state index >= 15 is 0 Å². The summed E-state index contributed by atoms with van der Waals surface area (Å²) >= 11 is 0. The third kappa shape index (κ3) is 7.56. The molecule has 0 aromatic rings. The summed E-state index contributed by atoms with van der Waals surface area (Å²) in [7, 11) is 3.69. The fraction of sp³-hybridized carbons (Fsp3) is 1.00. The second-order valence-electron chi connectivity index (χ2n) is 7.64. The van der Waals surface area contributed by atoms with E-state index in [1.807, 2.05) is 28.1 Å². The van der Waals surface area contributed by atoms with Crippen molar-refractivity contribution in [1.29, 1.82) is 0 Å². The summed E-state index contributed by atoms with van der Waals surface area (Å²) in [6, 6.07) is 0. The quantitative estimate of drug-likeness (QED) is 0.482. The molecule has 1 saturated carbocycles. The molecule has 1 aliphatic carbocycles. The standard InChI is InChI=1S/C19H38O2.C2H6/c1-7-8-16(10-9-15(2)20-5)19(3,4)17-11-13-18(21-6)14-12-17;1-2/h15-18H,7-14H2,1-6H3;1-2H3. The van der Waals surface area contributed by atoms with Gasteiger partial charge in [-0.15, -0.1) is 0 Å². The first-order valence-electron chi connectivity index (χ1n) is 10.0. The second-order valence-corrected chi connectivity index (χ2v) is 7.64. The largest absolute Gasteiger partial charge is 0.382 e. The molecule has 1 aliphatic rings. The molecule has 0 aliphatic heterocycles. The molecule has 1 fully saturated rings. The highest BCUT2D eigenvalue weighted by atomic mass is 16.5. The maximum Gasteiger partial charge on any atom is 0.0571 e. The van der Waals surface area contributed by atoms with Crippen molar-refractivity contribution < 1.29 is 9.47 Å². The van der Waals surface area contributed by atoms with Crippen LogP contribution in [0.2, 0.25) is 0 Å². The van der Waals surface area contributed by atoms with E-state index in [-0.39, 0.29) is 0 Å². The predicted octanol–water partition coefficient (Wildman–Crippen LogP) is 6.48. The first kappa shape index (κ1) is 22.9. The number of ether oxygens (including phenoxy) is 2. The van der Waals surface area contributed by atoms with Crippen molar-refractivity contribution in [2.24, 2.45) is 17.3 Å². The van der Waals surface area contributed by atoms with Gasteiger partial charge in [-0.1, -0.05) is 47.5 Å². The Kier molecular flexibility index (Phi) is 12.3. The predicted molar refractivity (Wildman–Crippen MR) is 102 cm³/mol. The van der Waals surface area contributed by atoms with Gasteiger partial charge < -0.3 is 9.47 Å². The van der Waals surface area contributed by atoms with Gasteiger partial charge >= 0.3 is 0 Å². The van der Waals surface area contributed by atoms with Gasteiger partial charge in [0.1, 0.15) is 0 Å². The van der Waals surface area contributed by atoms with E-state index in [2.05, 4.69) is 27.7 Å². The molecule has 2 atom stereocenters. The fourth-order valence-electron chi connectivity index (χ4n) is 4.17. The summed E-state index contributed by atoms with van der Waals surface area (Å²) in [5.74, 6) is 1.68. The van der Waals surface area contributed by atoms with Gasteiger partial charge in [0, 0.05) is 14.2 Å². The normalized spacial score (nSPS) is 24.5. The Balaban J connectivity index is 0.00000232. The number of hydrogen-bond donors (Lipinski definition) is 0. The third-order valence-electron chi connectivity index (χ3n) is 6.07. The van der Waals surface area contributed by atoms with Crippen molar-refractivity contribution in [3.05, 3.63) is 0 Å². The smallest absolute Gasteiger partial charge is 0.0571 e. The average Bonchev–Trinajstić information content (AvgIpc) is 2.59. The fourth-order valence-corrected chi connectivity index (χ4v) is 4.17. The van der Waals surface area contributed by atoms with Gasteiger partial charge in [-0.2, -0.15) is 0 Å². The van der Waals surface area contributed by atoms with Crippen molar-refractivity contribution in [1.82, 2.24) is 0 Å². The highest BCUT2D eigenvalue weighted by Gasteiger charge is 2.38. The molecule has 0 saturated heterocycles. The van der Waals surface area contributed by atoms with Gasteiger partial charge in [-0.05, 0) is 62.7 Å². The molecule has 0 radical (unpaired) electrons. The summed E-state index contributed by atoms with van der Waals surface area (Å²) in [5.41, 5.74) is 0.447. The van der Waals surface area contributed by atoms with Crippen LogP contribution in [-0.4, -0.2) is 26.4 Å². The Morgan fingerprint density at radius 1 is 0.957 bits per heavy atom. The zero-order chi connectivity index (χ0) is 17.9. The zero-order valence-corrected chi connectivity index (χ0v) is 17.3. The molecule has 23 heavy (non-hydrogen) atoms. The summed E-state index contributed by atoms with van der Waals surface area (Å²) in [6.45, 7) is 13.6. The van der Waals surface area contributed by atoms with Gasteiger partial charge in [0.05, 0.1) is 12.2 Å². The van der Waals surface area contributed by atoms with Gasteiger partial charge in [0.2, 0.25) is 0 Å². The van der Waals surface area contributed by atoms with Gasteiger partial charge in [0.25, 0.3) is 0 Å². The van der Waals surface area contributed by atoms with Crippen LogP contribution < -0.4 is 0 Å². The van der Waals surface area contributed by atoms with Crippen LogP contribution in [0.25, 0.3) is 0 Å². The van der Waals surface area contributed by atoms with Gasteiger partial charge in [-0.3, -0.25) is 0 Å². The summed E-state index contributed by atoms with van der Waals surface area (Å²) in [6.07, 6.45) is 11.2. The highest BCUT2D eigenvalue weighted by Crippen LogP contribution is 2.47. The van der Waals surface area contributed by atoms with E-state index in [0.717, 1.165) is 11.8 Å². The zero-order valence-electron chi connectivity index (χ0n) is 17.3. The van der Waals surface area contributed by atoms with E-state index in [1.54, 1.807) is 0 Å². The third-order valence-corrected chi connectivity index (χ3v) is 6.07. The Morgan fingerprint density at radius 3 is 1.96 bits per heavy atom. The molecule has 0 aromatic heterocycles. The number of hydrogen-bond acceptors (Lipinski definition) is 2. The van der Waals surface area contributed by atoms with Crippen molar-refractivity contribution in [3.63, 3.8) is 0 Å². The van der Waals surface area contributed by atoms with Crippen molar-refractivity contribution in [2.75, 3.05) is 14.2 Å². The summed E-state index contributed by atoms with van der Waals surface area (Å²) in [4.78, 5) is 0. The first-order valence-corrected chi connectivity index (χ1v) is 10.0. The van der Waals surface area contributed by atoms with Crippen LogP contribution in [0.1, 0.15) is 92.9 Å². The Hall–Kier alpha value is -0.0800. The topological polar surface area (TPSA) is 18.5 Å². The first-order chi connectivity index (χ1) is 11.0. The Labute approximate surface area is 146 Å². The van der Waals surface area contributed by atoms with Crippen molar-refractivity contribution in [2.45, 2.75) is 105 Å². The number of rotatable bonds is 9. The lowest BCUT2D eigenvalue weighted by Gasteiger charge is -2.44. The molecule has 0 heterocycles. The Morgan fingerprint density at radius 2 is 1.52 bits per heavy atom. The maximum atomic E-state index is 5.54. The SMILES string of the molecule is CC.CCCC(CCC(C)OC)C(C)(C)C1CCC(OC)CC1. The molecule has 2 nitrogen and oxygen atoms in total. The van der Waals surface area contributed by atoms with Crippen molar-refractivity contribution in [3.8, 4) is 0 Å². The molecular formula is C21H44O2. The molecule has 0 aromatic carbocycles. The molecule has 140 valence electrons. The van der Waals surface area contributed by atoms with E-state index in [0.29, 0.717) is 17.6 Å². The average molecular weight is 329 g/mol. The molecule has 2 unspecified atom stereocenters. The van der Waals surface area contributed by atoms with E-state index in [4.69, 9.17) is 9.47 Å². The minimum atomic E-state index is 0.393. The lowest BCUT2D eigenvalue weighted by Crippen LogP contribution is -2.36. The van der Waals surface area contributed by atoms with Gasteiger partial charge in [-0.25, -0.2) is 0 Å². The van der Waals surface area contributed by atoms with Gasteiger partial charge in [0.15, 0.2) is 0 Å². The molecule has 0 N–H and O–H groups in total. The highest BCUT2D eigenvalue weighted by molar-refractivity contribution is 4.88. The van der Waals surface area contributed by atoms with E-state index in [1.165, 1.54) is 51.4 Å². The minimum absolute atomic E-state index is 0.393. The molecular weight excluding hydrogens is 284 g/mol. The monoisotopic (exact) mass is 328 g/mol. The molecule has 0 bridgehead atoms. The van der Waals surface area contributed by atoms with Crippen LogP contribution >= 0.6 is 0 Å². The summed E-state index contributed by atoms with van der Waals surface area (Å²) < 4.78 is 11.0. The van der Waals surface area contributed by atoms with Crippen LogP contribution in [0.4, 0.5) is 0 Å². The summed E-state index contributed by atoms with van der Waals surface area (Å²) in [5, 5.41) is 0. The number of methoxy groups -OCH3 is 2. The second kappa shape index (κ2) is 12.3. The minimum Gasteiger partial charge on any atom is -0.382 e. The van der Waals surface area contributed by atoms with Crippen LogP contribution in [-0.2, 0) is 9.47 Å². The maximum absolute atomic E-state index is 5.54. The molecule has 2 heteroatoms. The molecule has 0 amide bonds. The van der Waals surface area contributed by atoms with Crippen LogP contribution in [0, 0.1) is 17.3 Å². The molecule has 1 rings (SSSR count). The Bertz CT molecular complexity index is 267. The molecule has 0 spiro atoms. The van der Waals surface area contributed by atoms with Crippen LogP contribution in [0.5, 0.6) is 0 Å². The van der Waals surface area contributed by atoms with E-state index < -0.39 is 0 Å². The lowest BCUT2D eigenvalue weighted by atomic mass is 9.62. The lowest BCUT2D eigenvalue weighted by molar-refractivity contribution is 0.00379.